The Balaban J connectivity index is 1.91. The van der Waals surface area contributed by atoms with Gasteiger partial charge >= 0.3 is 0 Å². The molecule has 0 aromatic heterocycles. The SMILES string of the molecule is CC1CCCC(C)N1C1CCc2cc(N)ccc21. The number of piperidine rings is 1. The number of fused-ring (bicyclic) bond motifs is 1. The molecule has 1 aromatic carbocycles. The minimum atomic E-state index is 0.630. The minimum Gasteiger partial charge on any atom is -0.399 e. The molecule has 1 aromatic rings. The summed E-state index contributed by atoms with van der Waals surface area (Å²) >= 11 is 0. The van der Waals surface area contributed by atoms with Crippen molar-refractivity contribution in [3.63, 3.8) is 0 Å². The average molecular weight is 244 g/mol. The highest BCUT2D eigenvalue weighted by Crippen LogP contribution is 2.41. The molecular formula is C16H24N2. The fourth-order valence-electron chi connectivity index (χ4n) is 3.98. The first-order valence-electron chi connectivity index (χ1n) is 7.32. The van der Waals surface area contributed by atoms with Crippen molar-refractivity contribution >= 4 is 5.69 Å². The zero-order chi connectivity index (χ0) is 12.7. The zero-order valence-electron chi connectivity index (χ0n) is 11.5. The van der Waals surface area contributed by atoms with E-state index in [1.807, 2.05) is 0 Å². The molecule has 1 aliphatic carbocycles. The van der Waals surface area contributed by atoms with Gasteiger partial charge in [-0.05, 0) is 62.8 Å². The Morgan fingerprint density at radius 3 is 2.56 bits per heavy atom. The highest BCUT2D eigenvalue weighted by Gasteiger charge is 2.35. The third kappa shape index (κ3) is 1.93. The monoisotopic (exact) mass is 244 g/mol. The molecule has 3 rings (SSSR count). The smallest absolute Gasteiger partial charge is 0.0359 e. The lowest BCUT2D eigenvalue weighted by atomic mass is 9.93. The molecule has 3 unspecified atom stereocenters. The second kappa shape index (κ2) is 4.58. The van der Waals surface area contributed by atoms with E-state index in [0.717, 1.165) is 17.8 Å². The molecule has 0 bridgehead atoms. The molecule has 2 aliphatic rings. The van der Waals surface area contributed by atoms with Gasteiger partial charge in [-0.25, -0.2) is 0 Å². The molecule has 0 amide bonds. The topological polar surface area (TPSA) is 29.3 Å². The molecule has 0 saturated carbocycles. The quantitative estimate of drug-likeness (QED) is 0.766. The molecule has 0 radical (unpaired) electrons. The number of aryl methyl sites for hydroxylation is 1. The van der Waals surface area contributed by atoms with Crippen LogP contribution in [0.1, 0.15) is 56.7 Å². The Bertz CT molecular complexity index is 431. The summed E-state index contributed by atoms with van der Waals surface area (Å²) in [7, 11) is 0. The van der Waals surface area contributed by atoms with Crippen molar-refractivity contribution in [3.8, 4) is 0 Å². The fourth-order valence-corrected chi connectivity index (χ4v) is 3.98. The lowest BCUT2D eigenvalue weighted by Crippen LogP contribution is -2.45. The summed E-state index contributed by atoms with van der Waals surface area (Å²) in [6, 6.07) is 8.58. The molecule has 18 heavy (non-hydrogen) atoms. The van der Waals surface area contributed by atoms with Gasteiger partial charge in [0.05, 0.1) is 0 Å². The van der Waals surface area contributed by atoms with E-state index in [2.05, 4.69) is 36.9 Å². The number of rotatable bonds is 1. The normalized spacial score (nSPS) is 32.4. The minimum absolute atomic E-state index is 0.630. The molecule has 2 heteroatoms. The van der Waals surface area contributed by atoms with Gasteiger partial charge in [0.15, 0.2) is 0 Å². The molecule has 2 N–H and O–H groups in total. The standard InChI is InChI=1S/C16H24N2/c1-11-4-3-5-12(2)18(11)16-9-6-13-10-14(17)7-8-15(13)16/h7-8,10-12,16H,3-6,9,17H2,1-2H3. The molecule has 3 atom stereocenters. The van der Waals surface area contributed by atoms with E-state index < -0.39 is 0 Å². The summed E-state index contributed by atoms with van der Waals surface area (Å²) in [5.74, 6) is 0. The van der Waals surface area contributed by atoms with Crippen molar-refractivity contribution in [2.75, 3.05) is 5.73 Å². The van der Waals surface area contributed by atoms with E-state index in [1.54, 1.807) is 0 Å². The second-order valence-electron chi connectivity index (χ2n) is 6.09. The van der Waals surface area contributed by atoms with Gasteiger partial charge in [-0.2, -0.15) is 0 Å². The van der Waals surface area contributed by atoms with Crippen LogP contribution in [-0.4, -0.2) is 17.0 Å². The maximum Gasteiger partial charge on any atom is 0.0359 e. The molecular weight excluding hydrogens is 220 g/mol. The summed E-state index contributed by atoms with van der Waals surface area (Å²) in [6.45, 7) is 4.79. The van der Waals surface area contributed by atoms with E-state index in [1.165, 1.54) is 43.2 Å². The maximum absolute atomic E-state index is 5.90. The number of hydrogen-bond donors (Lipinski definition) is 1. The Labute approximate surface area is 110 Å². The van der Waals surface area contributed by atoms with Crippen molar-refractivity contribution < 1.29 is 0 Å². The molecule has 1 fully saturated rings. The maximum atomic E-state index is 5.90. The van der Waals surface area contributed by atoms with Gasteiger partial charge < -0.3 is 5.73 Å². The predicted molar refractivity (Wildman–Crippen MR) is 76.5 cm³/mol. The largest absolute Gasteiger partial charge is 0.399 e. The van der Waals surface area contributed by atoms with Crippen LogP contribution in [0.3, 0.4) is 0 Å². The number of nitrogen functional groups attached to an aromatic ring is 1. The van der Waals surface area contributed by atoms with E-state index >= 15 is 0 Å². The van der Waals surface area contributed by atoms with Gasteiger partial charge in [0, 0.05) is 23.8 Å². The Kier molecular flexibility index (Phi) is 3.06. The molecule has 1 aliphatic heterocycles. The number of anilines is 1. The highest BCUT2D eigenvalue weighted by atomic mass is 15.2. The summed E-state index contributed by atoms with van der Waals surface area (Å²) in [5.41, 5.74) is 9.82. The van der Waals surface area contributed by atoms with Crippen molar-refractivity contribution in [2.24, 2.45) is 0 Å². The van der Waals surface area contributed by atoms with Crippen LogP contribution in [-0.2, 0) is 6.42 Å². The number of nitrogens with two attached hydrogens (primary N) is 1. The van der Waals surface area contributed by atoms with Gasteiger partial charge in [-0.1, -0.05) is 12.5 Å². The van der Waals surface area contributed by atoms with Gasteiger partial charge in [0.1, 0.15) is 0 Å². The zero-order valence-corrected chi connectivity index (χ0v) is 11.5. The lowest BCUT2D eigenvalue weighted by Gasteiger charge is -2.43. The van der Waals surface area contributed by atoms with Gasteiger partial charge in [0.2, 0.25) is 0 Å². The second-order valence-corrected chi connectivity index (χ2v) is 6.09. The van der Waals surface area contributed by atoms with E-state index in [0.29, 0.717) is 6.04 Å². The van der Waals surface area contributed by atoms with Gasteiger partial charge in [-0.15, -0.1) is 0 Å². The number of hydrogen-bond acceptors (Lipinski definition) is 2. The number of likely N-dealkylation sites (tertiary alicyclic amines) is 1. The Morgan fingerprint density at radius 1 is 1.11 bits per heavy atom. The molecule has 0 spiro atoms. The summed E-state index contributed by atoms with van der Waals surface area (Å²) in [5, 5.41) is 0. The van der Waals surface area contributed by atoms with Crippen molar-refractivity contribution in [2.45, 2.75) is 64.1 Å². The van der Waals surface area contributed by atoms with Gasteiger partial charge in [-0.3, -0.25) is 4.90 Å². The first-order chi connectivity index (χ1) is 8.66. The molecule has 98 valence electrons. The highest BCUT2D eigenvalue weighted by molar-refractivity contribution is 5.47. The number of benzene rings is 1. The van der Waals surface area contributed by atoms with Crippen LogP contribution in [0.4, 0.5) is 5.69 Å². The first-order valence-corrected chi connectivity index (χ1v) is 7.32. The van der Waals surface area contributed by atoms with Crippen molar-refractivity contribution in [1.82, 2.24) is 4.90 Å². The van der Waals surface area contributed by atoms with E-state index in [-0.39, 0.29) is 0 Å². The van der Waals surface area contributed by atoms with Crippen molar-refractivity contribution in [3.05, 3.63) is 29.3 Å². The first kappa shape index (κ1) is 12.0. The van der Waals surface area contributed by atoms with Crippen LogP contribution in [0.25, 0.3) is 0 Å². The Hall–Kier alpha value is -1.02. The molecule has 1 heterocycles. The number of nitrogens with zero attached hydrogens (tertiary/aromatic N) is 1. The van der Waals surface area contributed by atoms with Gasteiger partial charge in [0.25, 0.3) is 0 Å². The average Bonchev–Trinajstić information content (AvgIpc) is 2.72. The van der Waals surface area contributed by atoms with Crippen molar-refractivity contribution in [1.29, 1.82) is 0 Å². The molecule has 2 nitrogen and oxygen atoms in total. The third-order valence-electron chi connectivity index (χ3n) is 4.83. The third-order valence-corrected chi connectivity index (χ3v) is 4.83. The van der Waals surface area contributed by atoms with E-state index in [9.17, 15) is 0 Å². The van der Waals surface area contributed by atoms with Crippen LogP contribution >= 0.6 is 0 Å². The Morgan fingerprint density at radius 2 is 1.83 bits per heavy atom. The van der Waals surface area contributed by atoms with E-state index in [4.69, 9.17) is 5.73 Å². The van der Waals surface area contributed by atoms with Crippen LogP contribution in [0.5, 0.6) is 0 Å². The fraction of sp³-hybridized carbons (Fsp3) is 0.625. The summed E-state index contributed by atoms with van der Waals surface area (Å²) in [6.07, 6.45) is 6.56. The lowest BCUT2D eigenvalue weighted by molar-refractivity contribution is 0.0548. The summed E-state index contributed by atoms with van der Waals surface area (Å²) < 4.78 is 0. The van der Waals surface area contributed by atoms with Crippen LogP contribution in [0.2, 0.25) is 0 Å². The van der Waals surface area contributed by atoms with Crippen LogP contribution in [0.15, 0.2) is 18.2 Å². The predicted octanol–water partition coefficient (Wildman–Crippen LogP) is 3.52. The summed E-state index contributed by atoms with van der Waals surface area (Å²) in [4.78, 5) is 2.76. The molecule has 1 saturated heterocycles. The van der Waals surface area contributed by atoms with Crippen LogP contribution < -0.4 is 5.73 Å². The van der Waals surface area contributed by atoms with Crippen LogP contribution in [0, 0.1) is 0 Å².